The molecule has 0 spiro atoms. The molecule has 0 radical (unpaired) electrons. The highest BCUT2D eigenvalue weighted by molar-refractivity contribution is 6.24. The van der Waals surface area contributed by atoms with E-state index in [4.69, 9.17) is 18.9 Å². The lowest BCUT2D eigenvalue weighted by Crippen LogP contribution is -2.54. The van der Waals surface area contributed by atoms with Gasteiger partial charge in [0.15, 0.2) is 0 Å². The van der Waals surface area contributed by atoms with Gasteiger partial charge < -0.3 is 18.9 Å². The smallest absolute Gasteiger partial charge is 0.266 e. The molecule has 1 unspecified atom stereocenters. The maximum absolute atomic E-state index is 13.2. The first-order valence-corrected chi connectivity index (χ1v) is 15.7. The molecule has 0 bridgehead atoms. The van der Waals surface area contributed by atoms with Crippen LogP contribution in [0.25, 0.3) is 5.69 Å². The minimum atomic E-state index is -1.06. The van der Waals surface area contributed by atoms with Crippen LogP contribution in [-0.2, 0) is 32.2 Å². The average molecular weight is 671 g/mol. The summed E-state index contributed by atoms with van der Waals surface area (Å²) in [4.78, 5) is 63.1. The molecule has 1 saturated heterocycles. The molecule has 2 aliphatic heterocycles. The standard InChI is InChI=1S/C34H34N6O9/c1-22-5-12-30(42)39(19-22)24-6-8-25(9-7-24)48-18-17-47-16-15-46-14-13-38-20-23(36-37-38)21-49-28-4-2-3-26-31(28)34(45)40(33(26)44)27-10-11-29(41)35-32(27)43/h2-9,12,19-20,27H,10-11,13-18,21H2,1H3,(H,35,41,43). The predicted octanol–water partition coefficient (Wildman–Crippen LogP) is 1.83. The lowest BCUT2D eigenvalue weighted by molar-refractivity contribution is -0.136. The summed E-state index contributed by atoms with van der Waals surface area (Å²) in [6.45, 7) is 4.25. The third kappa shape index (κ3) is 7.74. The Morgan fingerprint density at radius 3 is 2.41 bits per heavy atom. The summed E-state index contributed by atoms with van der Waals surface area (Å²) in [5, 5.41) is 10.4. The van der Waals surface area contributed by atoms with Crippen molar-refractivity contribution < 1.29 is 38.1 Å². The molecule has 0 saturated carbocycles. The fourth-order valence-electron chi connectivity index (χ4n) is 5.47. The summed E-state index contributed by atoms with van der Waals surface area (Å²) in [5.74, 6) is -1.51. The van der Waals surface area contributed by atoms with Gasteiger partial charge in [-0.3, -0.25) is 38.8 Å². The minimum Gasteiger partial charge on any atom is -0.491 e. The van der Waals surface area contributed by atoms with Gasteiger partial charge in [0.25, 0.3) is 17.4 Å². The molecule has 4 aromatic rings. The van der Waals surface area contributed by atoms with E-state index in [1.807, 2.05) is 31.2 Å². The van der Waals surface area contributed by atoms with Gasteiger partial charge in [0.1, 0.15) is 36.4 Å². The highest BCUT2D eigenvalue weighted by Gasteiger charge is 2.46. The van der Waals surface area contributed by atoms with Crippen molar-refractivity contribution in [1.29, 1.82) is 0 Å². The Morgan fingerprint density at radius 1 is 0.837 bits per heavy atom. The SMILES string of the molecule is Cc1ccc(=O)n(-c2ccc(OCCOCCOCCn3cc(COc4cccc5c4C(=O)N(C4CCC(=O)NC4=O)C5=O)nn3)cc2)c1. The summed E-state index contributed by atoms with van der Waals surface area (Å²) < 4.78 is 26.0. The lowest BCUT2D eigenvalue weighted by atomic mass is 10.0. The molecule has 1 atom stereocenters. The lowest BCUT2D eigenvalue weighted by Gasteiger charge is -2.27. The Labute approximate surface area is 280 Å². The number of carbonyl (C=O) groups excluding carboxylic acids is 4. The van der Waals surface area contributed by atoms with Crippen LogP contribution in [0.2, 0.25) is 0 Å². The Hall–Kier alpha value is -5.67. The Balaban J connectivity index is 0.876. The van der Waals surface area contributed by atoms with Crippen molar-refractivity contribution >= 4 is 23.6 Å². The molecule has 1 N–H and O–H groups in total. The number of imide groups is 2. The van der Waals surface area contributed by atoms with Gasteiger partial charge in [-0.15, -0.1) is 5.10 Å². The van der Waals surface area contributed by atoms with Crippen LogP contribution >= 0.6 is 0 Å². The number of pyridine rings is 1. The van der Waals surface area contributed by atoms with E-state index in [1.54, 1.807) is 45.9 Å². The molecule has 49 heavy (non-hydrogen) atoms. The van der Waals surface area contributed by atoms with Crippen molar-refractivity contribution in [2.75, 3.05) is 33.0 Å². The van der Waals surface area contributed by atoms with Crippen molar-refractivity contribution in [3.05, 3.63) is 99.7 Å². The fourth-order valence-corrected chi connectivity index (χ4v) is 5.47. The largest absolute Gasteiger partial charge is 0.491 e. The zero-order chi connectivity index (χ0) is 34.3. The van der Waals surface area contributed by atoms with Crippen LogP contribution in [0, 0.1) is 6.92 Å². The number of nitrogens with one attached hydrogen (secondary N) is 1. The quantitative estimate of drug-likeness (QED) is 0.144. The maximum Gasteiger partial charge on any atom is 0.266 e. The number of carbonyl (C=O) groups is 4. The number of aromatic nitrogens is 4. The van der Waals surface area contributed by atoms with E-state index >= 15 is 0 Å². The summed E-state index contributed by atoms with van der Waals surface area (Å²) in [5.41, 5.74) is 2.36. The molecule has 2 aromatic heterocycles. The number of rotatable bonds is 15. The first kappa shape index (κ1) is 33.2. The van der Waals surface area contributed by atoms with Crippen LogP contribution in [0.15, 0.2) is 71.8 Å². The van der Waals surface area contributed by atoms with Crippen molar-refractivity contribution in [3.8, 4) is 17.2 Å². The number of piperidine rings is 1. The second kappa shape index (κ2) is 15.0. The Kier molecular flexibility index (Phi) is 10.2. The number of hydrogen-bond donors (Lipinski definition) is 1. The van der Waals surface area contributed by atoms with Gasteiger partial charge >= 0.3 is 0 Å². The van der Waals surface area contributed by atoms with Gasteiger partial charge in [0.05, 0.1) is 50.3 Å². The molecule has 2 aliphatic rings. The molecule has 4 amide bonds. The highest BCUT2D eigenvalue weighted by atomic mass is 16.5. The van der Waals surface area contributed by atoms with Crippen LogP contribution < -0.4 is 20.3 Å². The zero-order valence-corrected chi connectivity index (χ0v) is 26.7. The third-order valence-electron chi connectivity index (χ3n) is 7.90. The highest BCUT2D eigenvalue weighted by Crippen LogP contribution is 2.34. The first-order valence-electron chi connectivity index (χ1n) is 15.7. The maximum atomic E-state index is 13.2. The fraction of sp³-hybridized carbons (Fsp3) is 0.324. The third-order valence-corrected chi connectivity index (χ3v) is 7.90. The molecular formula is C34H34N6O9. The predicted molar refractivity (Wildman–Crippen MR) is 171 cm³/mol. The molecule has 6 rings (SSSR count). The molecule has 2 aromatic carbocycles. The second-order valence-corrected chi connectivity index (χ2v) is 11.4. The summed E-state index contributed by atoms with van der Waals surface area (Å²) >= 11 is 0. The molecule has 1 fully saturated rings. The van der Waals surface area contributed by atoms with Crippen LogP contribution in [0.4, 0.5) is 0 Å². The van der Waals surface area contributed by atoms with Crippen molar-refractivity contribution in [2.24, 2.45) is 0 Å². The van der Waals surface area contributed by atoms with Crippen LogP contribution in [0.3, 0.4) is 0 Å². The molecule has 15 nitrogen and oxygen atoms in total. The van der Waals surface area contributed by atoms with Crippen LogP contribution in [0.1, 0.15) is 44.8 Å². The molecule has 0 aliphatic carbocycles. The van der Waals surface area contributed by atoms with Gasteiger partial charge in [-0.05, 0) is 55.3 Å². The Morgan fingerprint density at radius 2 is 1.61 bits per heavy atom. The monoisotopic (exact) mass is 670 g/mol. The van der Waals surface area contributed by atoms with E-state index < -0.39 is 29.7 Å². The van der Waals surface area contributed by atoms with Gasteiger partial charge in [-0.2, -0.15) is 0 Å². The second-order valence-electron chi connectivity index (χ2n) is 11.4. The summed E-state index contributed by atoms with van der Waals surface area (Å²) in [7, 11) is 0. The van der Waals surface area contributed by atoms with E-state index in [2.05, 4.69) is 15.6 Å². The summed E-state index contributed by atoms with van der Waals surface area (Å²) in [6.07, 6.45) is 3.59. The molecule has 254 valence electrons. The molecule has 15 heteroatoms. The van der Waals surface area contributed by atoms with Gasteiger partial charge in [-0.25, -0.2) is 4.68 Å². The summed E-state index contributed by atoms with van der Waals surface area (Å²) in [6, 6.07) is 14.2. The normalized spacial score (nSPS) is 15.8. The van der Waals surface area contributed by atoms with Crippen molar-refractivity contribution in [2.45, 2.75) is 39.0 Å². The van der Waals surface area contributed by atoms with Gasteiger partial charge in [-0.1, -0.05) is 17.3 Å². The van der Waals surface area contributed by atoms with E-state index in [1.165, 1.54) is 6.07 Å². The number of nitrogens with zero attached hydrogens (tertiary/aromatic N) is 5. The average Bonchev–Trinajstić information content (AvgIpc) is 3.66. The van der Waals surface area contributed by atoms with Crippen molar-refractivity contribution in [1.82, 2.24) is 29.8 Å². The number of fused-ring (bicyclic) bond motifs is 1. The minimum absolute atomic E-state index is 0.00991. The Bertz CT molecular complexity index is 1920. The van der Waals surface area contributed by atoms with Crippen molar-refractivity contribution in [3.63, 3.8) is 0 Å². The van der Waals surface area contributed by atoms with E-state index in [0.29, 0.717) is 51.0 Å². The van der Waals surface area contributed by atoms with Gasteiger partial charge in [0, 0.05) is 24.4 Å². The number of ether oxygens (including phenoxy) is 4. The van der Waals surface area contributed by atoms with E-state index in [9.17, 15) is 24.0 Å². The van der Waals surface area contributed by atoms with Gasteiger partial charge in [0.2, 0.25) is 11.8 Å². The zero-order valence-electron chi connectivity index (χ0n) is 26.7. The van der Waals surface area contributed by atoms with E-state index in [0.717, 1.165) is 16.2 Å². The first-order chi connectivity index (χ1) is 23.8. The number of aryl methyl sites for hydroxylation is 1. The number of amides is 4. The van der Waals surface area contributed by atoms with Crippen LogP contribution in [0.5, 0.6) is 11.5 Å². The van der Waals surface area contributed by atoms with E-state index in [-0.39, 0.29) is 41.9 Å². The number of benzene rings is 2. The number of hydrogen-bond acceptors (Lipinski definition) is 11. The van der Waals surface area contributed by atoms with Crippen LogP contribution in [-0.4, -0.2) is 87.2 Å². The topological polar surface area (TPSA) is 173 Å². The molecule has 4 heterocycles. The molecular weight excluding hydrogens is 636 g/mol.